The highest BCUT2D eigenvalue weighted by Crippen LogP contribution is 2.48. The molecule has 2 atom stereocenters. The standard InChI is InChI=1S/C17H19FN2O2/c1-11-10-14(11)15-19-20-16(22-15)17(6-8-21-9-7-17)12-2-4-13(18)5-3-12/h2-5,11,14H,6-10H2,1H3/t11-,14+/m1/s1. The van der Waals surface area contributed by atoms with Crippen molar-refractivity contribution in [3.05, 3.63) is 47.4 Å². The fraction of sp³-hybridized carbons (Fsp3) is 0.529. The van der Waals surface area contributed by atoms with E-state index in [4.69, 9.17) is 9.15 Å². The number of ether oxygens (including phenoxy) is 1. The Labute approximate surface area is 128 Å². The van der Waals surface area contributed by atoms with E-state index >= 15 is 0 Å². The van der Waals surface area contributed by atoms with Gasteiger partial charge < -0.3 is 9.15 Å². The molecule has 5 heteroatoms. The van der Waals surface area contributed by atoms with Crippen LogP contribution in [0.1, 0.15) is 49.4 Å². The number of rotatable bonds is 3. The number of aromatic nitrogens is 2. The van der Waals surface area contributed by atoms with Crippen LogP contribution < -0.4 is 0 Å². The van der Waals surface area contributed by atoms with Crippen molar-refractivity contribution in [2.45, 2.75) is 37.5 Å². The van der Waals surface area contributed by atoms with E-state index in [0.29, 0.717) is 30.9 Å². The second-order valence-corrected chi connectivity index (χ2v) is 6.47. The molecule has 1 saturated heterocycles. The molecule has 2 aromatic rings. The summed E-state index contributed by atoms with van der Waals surface area (Å²) in [5, 5.41) is 8.60. The predicted octanol–water partition coefficient (Wildman–Crippen LogP) is 3.43. The summed E-state index contributed by atoms with van der Waals surface area (Å²) in [6.45, 7) is 3.49. The predicted molar refractivity (Wildman–Crippen MR) is 78.1 cm³/mol. The molecule has 4 nitrogen and oxygen atoms in total. The molecular formula is C17H19FN2O2. The molecule has 116 valence electrons. The average molecular weight is 302 g/mol. The van der Waals surface area contributed by atoms with Crippen LogP contribution in [0.25, 0.3) is 0 Å². The van der Waals surface area contributed by atoms with Crippen molar-refractivity contribution in [2.75, 3.05) is 13.2 Å². The Morgan fingerprint density at radius 1 is 1.14 bits per heavy atom. The third-order valence-electron chi connectivity index (χ3n) is 5.02. The molecule has 0 radical (unpaired) electrons. The lowest BCUT2D eigenvalue weighted by atomic mass is 9.74. The van der Waals surface area contributed by atoms with Crippen LogP contribution in [0.5, 0.6) is 0 Å². The normalized spacial score (nSPS) is 26.8. The van der Waals surface area contributed by atoms with Gasteiger partial charge in [0.05, 0.1) is 5.41 Å². The van der Waals surface area contributed by atoms with Gasteiger partial charge in [-0.15, -0.1) is 10.2 Å². The largest absolute Gasteiger partial charge is 0.424 e. The minimum absolute atomic E-state index is 0.232. The van der Waals surface area contributed by atoms with Gasteiger partial charge >= 0.3 is 0 Å². The van der Waals surface area contributed by atoms with E-state index in [-0.39, 0.29) is 11.2 Å². The second kappa shape index (κ2) is 5.16. The van der Waals surface area contributed by atoms with Crippen LogP contribution in [0.15, 0.2) is 28.7 Å². The van der Waals surface area contributed by atoms with Crippen LogP contribution in [0.2, 0.25) is 0 Å². The zero-order valence-corrected chi connectivity index (χ0v) is 12.6. The van der Waals surface area contributed by atoms with E-state index in [9.17, 15) is 4.39 Å². The summed E-state index contributed by atoms with van der Waals surface area (Å²) in [4.78, 5) is 0. The summed E-state index contributed by atoms with van der Waals surface area (Å²) in [6.07, 6.45) is 2.68. The van der Waals surface area contributed by atoms with Crippen molar-refractivity contribution in [1.29, 1.82) is 0 Å². The quantitative estimate of drug-likeness (QED) is 0.871. The van der Waals surface area contributed by atoms with Crippen molar-refractivity contribution < 1.29 is 13.5 Å². The van der Waals surface area contributed by atoms with Crippen molar-refractivity contribution in [3.63, 3.8) is 0 Å². The Bertz CT molecular complexity index is 662. The zero-order valence-electron chi connectivity index (χ0n) is 12.6. The van der Waals surface area contributed by atoms with E-state index in [2.05, 4.69) is 17.1 Å². The smallest absolute Gasteiger partial charge is 0.227 e. The van der Waals surface area contributed by atoms with Gasteiger partial charge in [0.2, 0.25) is 11.8 Å². The van der Waals surface area contributed by atoms with E-state index < -0.39 is 0 Å². The van der Waals surface area contributed by atoms with Crippen LogP contribution in [0, 0.1) is 11.7 Å². The highest BCUT2D eigenvalue weighted by Gasteiger charge is 2.44. The molecule has 1 aliphatic carbocycles. The monoisotopic (exact) mass is 302 g/mol. The summed E-state index contributed by atoms with van der Waals surface area (Å²) in [5.41, 5.74) is 0.672. The zero-order chi connectivity index (χ0) is 15.2. The van der Waals surface area contributed by atoms with Gasteiger partial charge in [-0.2, -0.15) is 0 Å². The van der Waals surface area contributed by atoms with Gasteiger partial charge in [0.25, 0.3) is 0 Å². The molecule has 22 heavy (non-hydrogen) atoms. The number of hydrogen-bond acceptors (Lipinski definition) is 4. The number of hydrogen-bond donors (Lipinski definition) is 0. The van der Waals surface area contributed by atoms with Crippen molar-refractivity contribution in [2.24, 2.45) is 5.92 Å². The van der Waals surface area contributed by atoms with Crippen molar-refractivity contribution >= 4 is 0 Å². The van der Waals surface area contributed by atoms with Gasteiger partial charge in [-0.25, -0.2) is 4.39 Å². The minimum Gasteiger partial charge on any atom is -0.424 e. The van der Waals surface area contributed by atoms with Gasteiger partial charge in [0, 0.05) is 19.1 Å². The van der Waals surface area contributed by atoms with Crippen molar-refractivity contribution in [1.82, 2.24) is 10.2 Å². The third-order valence-corrected chi connectivity index (χ3v) is 5.02. The Kier molecular flexibility index (Phi) is 3.26. The summed E-state index contributed by atoms with van der Waals surface area (Å²) in [6, 6.07) is 6.63. The van der Waals surface area contributed by atoms with E-state index in [1.54, 1.807) is 0 Å². The number of halogens is 1. The Morgan fingerprint density at radius 3 is 2.45 bits per heavy atom. The first kappa shape index (κ1) is 13.9. The molecule has 0 N–H and O–H groups in total. The fourth-order valence-corrected chi connectivity index (χ4v) is 3.36. The molecule has 0 bridgehead atoms. The van der Waals surface area contributed by atoms with Gasteiger partial charge in [-0.3, -0.25) is 0 Å². The minimum atomic E-state index is -0.352. The van der Waals surface area contributed by atoms with Crippen LogP contribution in [0.3, 0.4) is 0 Å². The summed E-state index contributed by atoms with van der Waals surface area (Å²) >= 11 is 0. The molecule has 2 aliphatic rings. The molecule has 0 amide bonds. The highest BCUT2D eigenvalue weighted by molar-refractivity contribution is 5.33. The highest BCUT2D eigenvalue weighted by atomic mass is 19.1. The molecule has 1 aromatic carbocycles. The Morgan fingerprint density at radius 2 is 1.82 bits per heavy atom. The van der Waals surface area contributed by atoms with Gasteiger partial charge in [-0.1, -0.05) is 19.1 Å². The molecule has 2 heterocycles. The topological polar surface area (TPSA) is 48.2 Å². The maximum Gasteiger partial charge on any atom is 0.227 e. The van der Waals surface area contributed by atoms with Gasteiger partial charge in [0.1, 0.15) is 5.82 Å². The molecule has 2 fully saturated rings. The number of benzene rings is 1. The van der Waals surface area contributed by atoms with Crippen LogP contribution in [-0.4, -0.2) is 23.4 Å². The van der Waals surface area contributed by atoms with E-state index in [0.717, 1.165) is 30.7 Å². The van der Waals surface area contributed by atoms with Gasteiger partial charge in [-0.05, 0) is 42.9 Å². The average Bonchev–Trinajstić information content (AvgIpc) is 3.08. The maximum atomic E-state index is 13.3. The Balaban J connectivity index is 1.74. The van der Waals surface area contributed by atoms with Crippen LogP contribution in [-0.2, 0) is 10.2 Å². The summed E-state index contributed by atoms with van der Waals surface area (Å²) < 4.78 is 24.8. The SMILES string of the molecule is C[C@@H]1C[C@@H]1c1nnc(C2(c3ccc(F)cc3)CCOCC2)o1. The molecule has 0 spiro atoms. The lowest BCUT2D eigenvalue weighted by Gasteiger charge is -2.34. The molecule has 1 aliphatic heterocycles. The van der Waals surface area contributed by atoms with Crippen LogP contribution in [0.4, 0.5) is 4.39 Å². The Hall–Kier alpha value is -1.75. The first-order valence-electron chi connectivity index (χ1n) is 7.87. The fourth-order valence-electron chi connectivity index (χ4n) is 3.36. The maximum absolute atomic E-state index is 13.3. The number of nitrogens with zero attached hydrogens (tertiary/aromatic N) is 2. The molecule has 0 unspecified atom stereocenters. The molecule has 4 rings (SSSR count). The van der Waals surface area contributed by atoms with Crippen LogP contribution >= 0.6 is 0 Å². The second-order valence-electron chi connectivity index (χ2n) is 6.47. The molecule has 1 saturated carbocycles. The first-order valence-corrected chi connectivity index (χ1v) is 7.87. The van der Waals surface area contributed by atoms with E-state index in [1.807, 2.05) is 12.1 Å². The first-order chi connectivity index (χ1) is 10.7. The third kappa shape index (κ3) is 2.24. The lowest BCUT2D eigenvalue weighted by Crippen LogP contribution is -2.35. The summed E-state index contributed by atoms with van der Waals surface area (Å²) in [7, 11) is 0. The van der Waals surface area contributed by atoms with Crippen molar-refractivity contribution in [3.8, 4) is 0 Å². The summed E-state index contributed by atoms with van der Waals surface area (Å²) in [5.74, 6) is 2.20. The molecule has 1 aromatic heterocycles. The lowest BCUT2D eigenvalue weighted by molar-refractivity contribution is 0.0540. The molecular weight excluding hydrogens is 283 g/mol. The van der Waals surface area contributed by atoms with E-state index in [1.165, 1.54) is 12.1 Å². The van der Waals surface area contributed by atoms with Gasteiger partial charge in [0.15, 0.2) is 0 Å².